The zero-order chi connectivity index (χ0) is 8.43. The van der Waals surface area contributed by atoms with E-state index in [-0.39, 0.29) is 12.4 Å². The molecule has 12 heavy (non-hydrogen) atoms. The van der Waals surface area contributed by atoms with E-state index in [0.717, 1.165) is 5.56 Å². The molecule has 0 atom stereocenters. The van der Waals surface area contributed by atoms with Crippen LogP contribution in [-0.4, -0.2) is 5.24 Å². The highest BCUT2D eigenvalue weighted by Gasteiger charge is 2.06. The van der Waals surface area contributed by atoms with Gasteiger partial charge < -0.3 is 5.73 Å². The van der Waals surface area contributed by atoms with Gasteiger partial charge in [-0.2, -0.15) is 0 Å². The normalized spacial score (nSPS) is 8.83. The predicted molar refractivity (Wildman–Crippen MR) is 53.0 cm³/mol. The highest BCUT2D eigenvalue weighted by molar-refractivity contribution is 6.68. The lowest BCUT2D eigenvalue weighted by Crippen LogP contribution is -1.97. The van der Waals surface area contributed by atoms with Gasteiger partial charge in [-0.05, 0) is 36.2 Å². The van der Waals surface area contributed by atoms with Crippen LogP contribution in [0.4, 0.5) is 5.69 Å². The second kappa shape index (κ2) is 4.33. The van der Waals surface area contributed by atoms with E-state index in [1.54, 1.807) is 25.1 Å². The van der Waals surface area contributed by atoms with Gasteiger partial charge in [0.25, 0.3) is 5.24 Å². The number of rotatable bonds is 1. The fourth-order valence-electron chi connectivity index (χ4n) is 0.866. The zero-order valence-electron chi connectivity index (χ0n) is 6.50. The molecule has 4 heteroatoms. The summed E-state index contributed by atoms with van der Waals surface area (Å²) >= 11 is 5.29. The number of halogens is 2. The summed E-state index contributed by atoms with van der Waals surface area (Å²) in [6.07, 6.45) is 0. The minimum absolute atomic E-state index is 0. The number of nitrogen functional groups attached to an aromatic ring is 1. The maximum atomic E-state index is 10.7. The van der Waals surface area contributed by atoms with Gasteiger partial charge in [0.2, 0.25) is 0 Å². The number of hydrogen-bond acceptors (Lipinski definition) is 2. The van der Waals surface area contributed by atoms with Crippen molar-refractivity contribution in [2.45, 2.75) is 6.92 Å². The Balaban J connectivity index is 0.00000121. The van der Waals surface area contributed by atoms with Crippen molar-refractivity contribution in [3.05, 3.63) is 29.3 Å². The average molecular weight is 206 g/mol. The molecule has 2 nitrogen and oxygen atoms in total. The molecule has 1 rings (SSSR count). The lowest BCUT2D eigenvalue weighted by atomic mass is 10.1. The molecule has 0 saturated carbocycles. The second-order valence-electron chi connectivity index (χ2n) is 2.29. The van der Waals surface area contributed by atoms with E-state index in [2.05, 4.69) is 0 Å². The summed E-state index contributed by atoms with van der Waals surface area (Å²) in [6, 6.07) is 5.09. The van der Waals surface area contributed by atoms with Crippen LogP contribution in [0.2, 0.25) is 0 Å². The Morgan fingerprint density at radius 3 is 2.50 bits per heavy atom. The lowest BCUT2D eigenvalue weighted by Gasteiger charge is -2.02. The van der Waals surface area contributed by atoms with Crippen molar-refractivity contribution in [1.82, 2.24) is 0 Å². The van der Waals surface area contributed by atoms with Crippen LogP contribution in [0.15, 0.2) is 18.2 Å². The van der Waals surface area contributed by atoms with Crippen molar-refractivity contribution in [2.24, 2.45) is 0 Å². The summed E-state index contributed by atoms with van der Waals surface area (Å²) in [5.74, 6) is 0. The Kier molecular flexibility index (Phi) is 4.07. The Hall–Kier alpha value is -0.730. The predicted octanol–water partition coefficient (Wildman–Crippen LogP) is 2.38. The molecule has 0 aliphatic heterocycles. The highest BCUT2D eigenvalue weighted by atomic mass is 35.5. The van der Waals surface area contributed by atoms with Gasteiger partial charge in [-0.3, -0.25) is 4.79 Å². The first-order chi connectivity index (χ1) is 5.13. The van der Waals surface area contributed by atoms with Gasteiger partial charge in [0, 0.05) is 11.3 Å². The van der Waals surface area contributed by atoms with Crippen LogP contribution in [0, 0.1) is 6.92 Å². The number of hydrogen-bond donors (Lipinski definition) is 1. The third kappa shape index (κ3) is 2.13. The van der Waals surface area contributed by atoms with Gasteiger partial charge in [0.1, 0.15) is 0 Å². The van der Waals surface area contributed by atoms with E-state index >= 15 is 0 Å². The van der Waals surface area contributed by atoms with E-state index in [4.69, 9.17) is 17.3 Å². The van der Waals surface area contributed by atoms with Crippen LogP contribution in [0.3, 0.4) is 0 Å². The third-order valence-electron chi connectivity index (χ3n) is 1.59. The van der Waals surface area contributed by atoms with Crippen LogP contribution in [-0.2, 0) is 0 Å². The highest BCUT2D eigenvalue weighted by Crippen LogP contribution is 2.16. The number of anilines is 1. The molecular weight excluding hydrogens is 197 g/mol. The zero-order valence-corrected chi connectivity index (χ0v) is 8.08. The van der Waals surface area contributed by atoms with E-state index < -0.39 is 5.24 Å². The summed E-state index contributed by atoms with van der Waals surface area (Å²) in [4.78, 5) is 10.7. The summed E-state index contributed by atoms with van der Waals surface area (Å²) in [5, 5.41) is -0.463. The molecule has 0 spiro atoms. The molecule has 0 radical (unpaired) electrons. The first-order valence-corrected chi connectivity index (χ1v) is 3.55. The quantitative estimate of drug-likeness (QED) is 0.566. The molecule has 66 valence electrons. The minimum Gasteiger partial charge on any atom is -0.398 e. The molecule has 0 fully saturated rings. The van der Waals surface area contributed by atoms with Crippen molar-refractivity contribution in [1.29, 1.82) is 0 Å². The summed E-state index contributed by atoms with van der Waals surface area (Å²) in [6.45, 7) is 1.77. The van der Waals surface area contributed by atoms with Gasteiger partial charge in [-0.15, -0.1) is 12.4 Å². The van der Waals surface area contributed by atoms with Gasteiger partial charge in [-0.25, -0.2) is 0 Å². The van der Waals surface area contributed by atoms with E-state index in [1.807, 2.05) is 0 Å². The Labute approximate surface area is 82.1 Å². The van der Waals surface area contributed by atoms with Gasteiger partial charge in [0.05, 0.1) is 0 Å². The maximum absolute atomic E-state index is 10.7. The molecule has 1 aromatic rings. The molecule has 0 saturated heterocycles. The van der Waals surface area contributed by atoms with Crippen LogP contribution in [0.5, 0.6) is 0 Å². The van der Waals surface area contributed by atoms with Gasteiger partial charge >= 0.3 is 0 Å². The largest absolute Gasteiger partial charge is 0.398 e. The summed E-state index contributed by atoms with van der Waals surface area (Å²) in [7, 11) is 0. The fourth-order valence-corrected chi connectivity index (χ4v) is 1.07. The Morgan fingerprint density at radius 2 is 2.08 bits per heavy atom. The second-order valence-corrected chi connectivity index (χ2v) is 2.64. The average Bonchev–Trinajstić information content (AvgIpc) is 1.94. The van der Waals surface area contributed by atoms with Gasteiger partial charge in [0.15, 0.2) is 0 Å². The Bertz CT molecular complexity index is 299. The standard InChI is InChI=1S/C8H8ClNO.ClH/c1-5-6(8(9)11)3-2-4-7(5)10;/h2-4H,10H2,1H3;1H. The smallest absolute Gasteiger partial charge is 0.252 e. The molecular formula is C8H9Cl2NO. The molecule has 0 aromatic heterocycles. The van der Waals surface area contributed by atoms with E-state index in [9.17, 15) is 4.79 Å². The van der Waals surface area contributed by atoms with Crippen molar-refractivity contribution in [3.8, 4) is 0 Å². The first-order valence-electron chi connectivity index (χ1n) is 3.18. The van der Waals surface area contributed by atoms with Crippen LogP contribution < -0.4 is 5.73 Å². The molecule has 0 aliphatic rings. The van der Waals surface area contributed by atoms with Crippen LogP contribution >= 0.6 is 24.0 Å². The maximum Gasteiger partial charge on any atom is 0.252 e. The summed E-state index contributed by atoms with van der Waals surface area (Å²) < 4.78 is 0. The molecule has 0 unspecified atom stereocenters. The minimum atomic E-state index is -0.463. The molecule has 0 aliphatic carbocycles. The SMILES string of the molecule is Cc1c(N)cccc1C(=O)Cl.Cl. The number of carbonyl (C=O) groups excluding carboxylic acids is 1. The van der Waals surface area contributed by atoms with Crippen LogP contribution in [0.25, 0.3) is 0 Å². The first kappa shape index (κ1) is 11.3. The molecule has 0 heterocycles. The lowest BCUT2D eigenvalue weighted by molar-refractivity contribution is 0.108. The van der Waals surface area contributed by atoms with Crippen molar-refractivity contribution in [3.63, 3.8) is 0 Å². The molecule has 0 bridgehead atoms. The van der Waals surface area contributed by atoms with E-state index in [1.165, 1.54) is 0 Å². The Morgan fingerprint density at radius 1 is 1.50 bits per heavy atom. The monoisotopic (exact) mass is 205 g/mol. The van der Waals surface area contributed by atoms with Crippen molar-refractivity contribution < 1.29 is 4.79 Å². The van der Waals surface area contributed by atoms with Gasteiger partial charge in [-0.1, -0.05) is 6.07 Å². The molecule has 1 aromatic carbocycles. The molecule has 2 N–H and O–H groups in total. The summed E-state index contributed by atoms with van der Waals surface area (Å²) in [5.41, 5.74) is 7.36. The van der Waals surface area contributed by atoms with Crippen LogP contribution in [0.1, 0.15) is 15.9 Å². The fraction of sp³-hybridized carbons (Fsp3) is 0.125. The topological polar surface area (TPSA) is 43.1 Å². The third-order valence-corrected chi connectivity index (χ3v) is 1.79. The number of carbonyl (C=O) groups is 1. The van der Waals surface area contributed by atoms with Crippen molar-refractivity contribution >= 4 is 34.9 Å². The number of nitrogens with two attached hydrogens (primary N) is 1. The van der Waals surface area contributed by atoms with Crippen molar-refractivity contribution in [2.75, 3.05) is 5.73 Å². The molecule has 0 amide bonds. The number of benzene rings is 1. The van der Waals surface area contributed by atoms with E-state index in [0.29, 0.717) is 11.3 Å².